The fourth-order valence-electron chi connectivity index (χ4n) is 1.95. The second-order valence-corrected chi connectivity index (χ2v) is 4.33. The average Bonchev–Trinajstić information content (AvgIpc) is 2.06. The molecule has 1 aromatic carbocycles. The van der Waals surface area contributed by atoms with Gasteiger partial charge in [-0.15, -0.1) is 0 Å². The number of hydrogen-bond donors (Lipinski definition) is 2. The van der Waals surface area contributed by atoms with Gasteiger partial charge in [-0.05, 0) is 23.3 Å². The summed E-state index contributed by atoms with van der Waals surface area (Å²) in [6.45, 7) is 6.28. The van der Waals surface area contributed by atoms with Gasteiger partial charge in [0, 0.05) is 18.5 Å². The first-order valence-corrected chi connectivity index (χ1v) is 4.63. The number of aromatic hydroxyl groups is 1. The molecule has 0 bridgehead atoms. The summed E-state index contributed by atoms with van der Waals surface area (Å²) in [4.78, 5) is 0. The smallest absolute Gasteiger partial charge is 0.115 e. The van der Waals surface area contributed by atoms with Crippen LogP contribution in [0.1, 0.15) is 25.0 Å². The number of rotatable bonds is 0. The van der Waals surface area contributed by atoms with Gasteiger partial charge in [-0.1, -0.05) is 19.9 Å². The maximum absolute atomic E-state index is 9.40. The minimum Gasteiger partial charge on any atom is -0.508 e. The molecule has 1 aliphatic rings. The fourth-order valence-corrected chi connectivity index (χ4v) is 1.95. The van der Waals surface area contributed by atoms with E-state index in [1.165, 1.54) is 11.1 Å². The molecule has 0 aromatic heterocycles. The zero-order valence-electron chi connectivity index (χ0n) is 8.09. The average molecular weight is 177 g/mol. The maximum Gasteiger partial charge on any atom is 0.115 e. The van der Waals surface area contributed by atoms with Crippen LogP contribution in [-0.4, -0.2) is 11.7 Å². The van der Waals surface area contributed by atoms with Gasteiger partial charge in [0.15, 0.2) is 0 Å². The van der Waals surface area contributed by atoms with Gasteiger partial charge in [0.25, 0.3) is 0 Å². The van der Waals surface area contributed by atoms with Crippen molar-refractivity contribution >= 4 is 0 Å². The van der Waals surface area contributed by atoms with E-state index in [0.29, 0.717) is 5.75 Å². The molecule has 0 saturated heterocycles. The summed E-state index contributed by atoms with van der Waals surface area (Å²) in [7, 11) is 0. The Morgan fingerprint density at radius 2 is 2.15 bits per heavy atom. The molecular weight excluding hydrogens is 162 g/mol. The SMILES string of the molecule is CC1(C)CNCc2ccc(O)cc21. The summed E-state index contributed by atoms with van der Waals surface area (Å²) in [5.41, 5.74) is 2.70. The molecule has 0 unspecified atom stereocenters. The second-order valence-electron chi connectivity index (χ2n) is 4.33. The van der Waals surface area contributed by atoms with Gasteiger partial charge in [-0.25, -0.2) is 0 Å². The van der Waals surface area contributed by atoms with Crippen LogP contribution < -0.4 is 5.32 Å². The van der Waals surface area contributed by atoms with E-state index in [-0.39, 0.29) is 5.41 Å². The monoisotopic (exact) mass is 177 g/mol. The van der Waals surface area contributed by atoms with Crippen molar-refractivity contribution in [2.75, 3.05) is 6.54 Å². The lowest BCUT2D eigenvalue weighted by molar-refractivity contribution is 0.425. The Balaban J connectivity index is 2.55. The van der Waals surface area contributed by atoms with Crippen LogP contribution in [0.2, 0.25) is 0 Å². The molecule has 70 valence electrons. The summed E-state index contributed by atoms with van der Waals surface area (Å²) >= 11 is 0. The Kier molecular flexibility index (Phi) is 1.81. The molecule has 0 saturated carbocycles. The first-order chi connectivity index (χ1) is 6.09. The van der Waals surface area contributed by atoms with Crippen LogP contribution in [0.3, 0.4) is 0 Å². The summed E-state index contributed by atoms with van der Waals surface area (Å²) in [5.74, 6) is 0.369. The molecule has 0 radical (unpaired) electrons. The molecule has 0 spiro atoms. The van der Waals surface area contributed by atoms with Gasteiger partial charge >= 0.3 is 0 Å². The van der Waals surface area contributed by atoms with E-state index >= 15 is 0 Å². The van der Waals surface area contributed by atoms with Crippen LogP contribution in [0.4, 0.5) is 0 Å². The van der Waals surface area contributed by atoms with Crippen molar-refractivity contribution in [3.63, 3.8) is 0 Å². The lowest BCUT2D eigenvalue weighted by atomic mass is 9.79. The third-order valence-electron chi connectivity index (χ3n) is 2.70. The minimum atomic E-state index is 0.131. The van der Waals surface area contributed by atoms with Crippen molar-refractivity contribution in [3.8, 4) is 5.75 Å². The standard InChI is InChI=1S/C11H15NO/c1-11(2)7-12-6-8-3-4-9(13)5-10(8)11/h3-5,12-13H,6-7H2,1-2H3. The summed E-state index contributed by atoms with van der Waals surface area (Å²) in [5, 5.41) is 12.8. The Morgan fingerprint density at radius 1 is 1.38 bits per heavy atom. The number of benzene rings is 1. The van der Waals surface area contributed by atoms with E-state index in [1.54, 1.807) is 6.07 Å². The van der Waals surface area contributed by atoms with Crippen LogP contribution in [0.25, 0.3) is 0 Å². The highest BCUT2D eigenvalue weighted by Gasteiger charge is 2.26. The Bertz CT molecular complexity index is 331. The molecule has 0 atom stereocenters. The van der Waals surface area contributed by atoms with Crippen molar-refractivity contribution < 1.29 is 5.11 Å². The van der Waals surface area contributed by atoms with Crippen molar-refractivity contribution in [2.24, 2.45) is 0 Å². The molecule has 2 heteroatoms. The highest BCUT2D eigenvalue weighted by molar-refractivity contribution is 5.41. The topological polar surface area (TPSA) is 32.3 Å². The highest BCUT2D eigenvalue weighted by Crippen LogP contribution is 2.31. The Labute approximate surface area is 78.6 Å². The number of fused-ring (bicyclic) bond motifs is 1. The molecule has 1 aliphatic heterocycles. The molecule has 0 aliphatic carbocycles. The van der Waals surface area contributed by atoms with Crippen molar-refractivity contribution in [2.45, 2.75) is 25.8 Å². The van der Waals surface area contributed by atoms with E-state index in [4.69, 9.17) is 0 Å². The normalized spacial score (nSPS) is 19.5. The van der Waals surface area contributed by atoms with Gasteiger partial charge in [0.1, 0.15) is 5.75 Å². The van der Waals surface area contributed by atoms with E-state index in [1.807, 2.05) is 12.1 Å². The zero-order valence-corrected chi connectivity index (χ0v) is 8.09. The number of phenols is 1. The predicted molar refractivity (Wildman–Crippen MR) is 52.8 cm³/mol. The van der Waals surface area contributed by atoms with E-state index in [0.717, 1.165) is 13.1 Å². The Morgan fingerprint density at radius 3 is 2.92 bits per heavy atom. The van der Waals surface area contributed by atoms with E-state index < -0.39 is 0 Å². The quantitative estimate of drug-likeness (QED) is 0.633. The number of phenolic OH excluding ortho intramolecular Hbond substituents is 1. The molecule has 13 heavy (non-hydrogen) atoms. The predicted octanol–water partition coefficient (Wildman–Crippen LogP) is 1.77. The second kappa shape index (κ2) is 2.74. The number of nitrogens with one attached hydrogen (secondary N) is 1. The van der Waals surface area contributed by atoms with Gasteiger partial charge in [-0.3, -0.25) is 0 Å². The molecular formula is C11H15NO. The maximum atomic E-state index is 9.40. The third kappa shape index (κ3) is 1.42. The number of hydrogen-bond acceptors (Lipinski definition) is 2. The van der Waals surface area contributed by atoms with Gasteiger partial charge in [0.05, 0.1) is 0 Å². The van der Waals surface area contributed by atoms with Crippen LogP contribution >= 0.6 is 0 Å². The van der Waals surface area contributed by atoms with Crippen LogP contribution in [-0.2, 0) is 12.0 Å². The van der Waals surface area contributed by atoms with Gasteiger partial charge < -0.3 is 10.4 Å². The molecule has 0 amide bonds. The molecule has 2 nitrogen and oxygen atoms in total. The summed E-state index contributed by atoms with van der Waals surface area (Å²) in [6.07, 6.45) is 0. The van der Waals surface area contributed by atoms with Crippen LogP contribution in [0.5, 0.6) is 5.75 Å². The largest absolute Gasteiger partial charge is 0.508 e. The first kappa shape index (κ1) is 8.57. The van der Waals surface area contributed by atoms with E-state index in [2.05, 4.69) is 19.2 Å². The van der Waals surface area contributed by atoms with Crippen molar-refractivity contribution in [1.82, 2.24) is 5.32 Å². The Hall–Kier alpha value is -1.02. The molecule has 1 aromatic rings. The molecule has 1 heterocycles. The van der Waals surface area contributed by atoms with E-state index in [9.17, 15) is 5.11 Å². The van der Waals surface area contributed by atoms with Gasteiger partial charge in [-0.2, -0.15) is 0 Å². The summed E-state index contributed by atoms with van der Waals surface area (Å²) < 4.78 is 0. The molecule has 2 rings (SSSR count). The minimum absolute atomic E-state index is 0.131. The third-order valence-corrected chi connectivity index (χ3v) is 2.70. The van der Waals surface area contributed by atoms with Crippen molar-refractivity contribution in [3.05, 3.63) is 29.3 Å². The lowest BCUT2D eigenvalue weighted by Gasteiger charge is -2.33. The van der Waals surface area contributed by atoms with Crippen molar-refractivity contribution in [1.29, 1.82) is 0 Å². The fraction of sp³-hybridized carbons (Fsp3) is 0.455. The van der Waals surface area contributed by atoms with Crippen LogP contribution in [0.15, 0.2) is 18.2 Å². The summed E-state index contributed by atoms with van der Waals surface area (Å²) in [6, 6.07) is 5.64. The lowest BCUT2D eigenvalue weighted by Crippen LogP contribution is -2.38. The first-order valence-electron chi connectivity index (χ1n) is 4.63. The van der Waals surface area contributed by atoms with Crippen LogP contribution in [0, 0.1) is 0 Å². The highest BCUT2D eigenvalue weighted by atomic mass is 16.3. The van der Waals surface area contributed by atoms with Gasteiger partial charge in [0.2, 0.25) is 0 Å². The molecule has 0 fully saturated rings. The molecule has 2 N–H and O–H groups in total. The zero-order chi connectivity index (χ0) is 9.47.